The molecular weight excluding hydrogens is 552 g/mol. The van der Waals surface area contributed by atoms with Crippen molar-refractivity contribution >= 4 is 43.7 Å². The molecule has 0 atom stereocenters. The molecule has 5 nitrogen and oxygen atoms in total. The Bertz CT molecular complexity index is 2540. The maximum atomic E-state index is 6.30. The van der Waals surface area contributed by atoms with E-state index < -0.39 is 0 Å². The number of pyridine rings is 1. The predicted octanol–water partition coefficient (Wildman–Crippen LogP) is 10.1. The first-order valence-electron chi connectivity index (χ1n) is 14.9. The van der Waals surface area contributed by atoms with E-state index >= 15 is 0 Å². The van der Waals surface area contributed by atoms with Gasteiger partial charge in [-0.3, -0.25) is 0 Å². The van der Waals surface area contributed by atoms with Crippen LogP contribution in [0.25, 0.3) is 89.0 Å². The Morgan fingerprint density at radius 3 is 1.84 bits per heavy atom. The number of furan rings is 1. The summed E-state index contributed by atoms with van der Waals surface area (Å²) in [4.78, 5) is 20.0. The highest BCUT2D eigenvalue weighted by molar-refractivity contribution is 6.12. The van der Waals surface area contributed by atoms with Gasteiger partial charge in [-0.1, -0.05) is 121 Å². The number of aromatic nitrogens is 4. The van der Waals surface area contributed by atoms with Crippen LogP contribution in [0.1, 0.15) is 0 Å². The van der Waals surface area contributed by atoms with Crippen LogP contribution in [0.2, 0.25) is 0 Å². The zero-order valence-corrected chi connectivity index (χ0v) is 24.1. The van der Waals surface area contributed by atoms with Crippen LogP contribution in [0.4, 0.5) is 0 Å². The highest BCUT2D eigenvalue weighted by atomic mass is 16.3. The smallest absolute Gasteiger partial charge is 0.164 e. The van der Waals surface area contributed by atoms with E-state index in [9.17, 15) is 0 Å². The van der Waals surface area contributed by atoms with Crippen molar-refractivity contribution in [2.24, 2.45) is 0 Å². The number of rotatable bonds is 4. The number of benzene rings is 6. The summed E-state index contributed by atoms with van der Waals surface area (Å²) in [6, 6.07) is 49.5. The third-order valence-corrected chi connectivity index (χ3v) is 8.31. The first-order valence-corrected chi connectivity index (χ1v) is 14.9. The normalized spacial score (nSPS) is 11.6. The summed E-state index contributed by atoms with van der Waals surface area (Å²) in [7, 11) is 0. The summed E-state index contributed by atoms with van der Waals surface area (Å²) < 4.78 is 6.30. The monoisotopic (exact) mass is 576 g/mol. The second kappa shape index (κ2) is 10.2. The van der Waals surface area contributed by atoms with Crippen LogP contribution in [-0.2, 0) is 0 Å². The van der Waals surface area contributed by atoms with Crippen molar-refractivity contribution in [1.82, 2.24) is 19.9 Å². The lowest BCUT2D eigenvalue weighted by Crippen LogP contribution is -2.00. The Balaban J connectivity index is 1.21. The molecule has 0 aliphatic rings. The van der Waals surface area contributed by atoms with Gasteiger partial charge in [0.2, 0.25) is 0 Å². The molecule has 210 valence electrons. The van der Waals surface area contributed by atoms with Crippen molar-refractivity contribution in [3.8, 4) is 45.3 Å². The Hall–Kier alpha value is -6.20. The Kier molecular flexibility index (Phi) is 5.74. The van der Waals surface area contributed by atoms with Gasteiger partial charge >= 0.3 is 0 Å². The van der Waals surface area contributed by atoms with E-state index in [1.807, 2.05) is 78.9 Å². The van der Waals surface area contributed by atoms with Gasteiger partial charge in [0.25, 0.3) is 0 Å². The molecule has 0 saturated heterocycles. The number of nitrogens with zero attached hydrogens (tertiary/aromatic N) is 4. The fourth-order valence-corrected chi connectivity index (χ4v) is 6.04. The molecule has 0 aliphatic heterocycles. The van der Waals surface area contributed by atoms with E-state index in [1.54, 1.807) is 0 Å². The Morgan fingerprint density at radius 1 is 0.378 bits per heavy atom. The third-order valence-electron chi connectivity index (χ3n) is 8.31. The molecule has 0 fully saturated rings. The van der Waals surface area contributed by atoms with Gasteiger partial charge in [0.1, 0.15) is 11.1 Å². The first-order chi connectivity index (χ1) is 22.3. The molecule has 3 heterocycles. The van der Waals surface area contributed by atoms with Gasteiger partial charge in [-0.05, 0) is 46.2 Å². The van der Waals surface area contributed by atoms with Crippen LogP contribution < -0.4 is 0 Å². The molecule has 0 radical (unpaired) electrons. The zero-order valence-electron chi connectivity index (χ0n) is 24.1. The molecule has 5 heteroatoms. The molecular formula is C40H24N4O. The van der Waals surface area contributed by atoms with E-state index in [0.29, 0.717) is 17.5 Å². The van der Waals surface area contributed by atoms with Crippen LogP contribution in [0.3, 0.4) is 0 Å². The molecule has 0 unspecified atom stereocenters. The Morgan fingerprint density at radius 2 is 1.02 bits per heavy atom. The lowest BCUT2D eigenvalue weighted by molar-refractivity contribution is 0.669. The number of hydrogen-bond donors (Lipinski definition) is 0. The summed E-state index contributed by atoms with van der Waals surface area (Å²) in [6.45, 7) is 0. The molecule has 0 aliphatic carbocycles. The fraction of sp³-hybridized carbons (Fsp3) is 0. The second-order valence-electron chi connectivity index (χ2n) is 11.1. The average Bonchev–Trinajstić information content (AvgIpc) is 3.48. The molecule has 6 aromatic carbocycles. The van der Waals surface area contributed by atoms with Crippen molar-refractivity contribution in [3.63, 3.8) is 0 Å². The minimum Gasteiger partial charge on any atom is -0.454 e. The average molecular weight is 577 g/mol. The fourth-order valence-electron chi connectivity index (χ4n) is 6.04. The van der Waals surface area contributed by atoms with E-state index in [2.05, 4.69) is 66.7 Å². The van der Waals surface area contributed by atoms with Gasteiger partial charge in [-0.15, -0.1) is 0 Å². The van der Waals surface area contributed by atoms with Crippen LogP contribution in [0.5, 0.6) is 0 Å². The zero-order chi connectivity index (χ0) is 29.7. The van der Waals surface area contributed by atoms with Crippen molar-refractivity contribution in [2.45, 2.75) is 0 Å². The molecule has 0 N–H and O–H groups in total. The van der Waals surface area contributed by atoms with Gasteiger partial charge < -0.3 is 4.42 Å². The number of para-hydroxylation sites is 1. The minimum atomic E-state index is 0.570. The molecule has 0 bridgehead atoms. The quantitative estimate of drug-likeness (QED) is 0.209. The van der Waals surface area contributed by atoms with Crippen LogP contribution in [0, 0.1) is 0 Å². The highest BCUT2D eigenvalue weighted by Crippen LogP contribution is 2.37. The molecule has 0 spiro atoms. The van der Waals surface area contributed by atoms with E-state index in [0.717, 1.165) is 55.2 Å². The Labute approximate surface area is 258 Å². The van der Waals surface area contributed by atoms with Gasteiger partial charge in [0.05, 0.1) is 10.9 Å². The summed E-state index contributed by atoms with van der Waals surface area (Å²) in [5.41, 5.74) is 8.17. The van der Waals surface area contributed by atoms with Crippen molar-refractivity contribution in [3.05, 3.63) is 146 Å². The summed E-state index contributed by atoms with van der Waals surface area (Å²) in [5, 5.41) is 4.37. The SMILES string of the molecule is c1ccc(-c2nc(-c3ccc(-c4ccc5ccccc5c4)cc3)nc(-c3cccc4oc5cc6ccccc6nc5c34)n2)cc1. The summed E-state index contributed by atoms with van der Waals surface area (Å²) >= 11 is 0. The van der Waals surface area contributed by atoms with Gasteiger partial charge in [-0.2, -0.15) is 0 Å². The first kappa shape index (κ1) is 25.3. The van der Waals surface area contributed by atoms with Crippen LogP contribution in [-0.4, -0.2) is 19.9 Å². The van der Waals surface area contributed by atoms with E-state index in [1.165, 1.54) is 16.3 Å². The minimum absolute atomic E-state index is 0.570. The molecule has 3 aromatic heterocycles. The second-order valence-corrected chi connectivity index (χ2v) is 11.1. The van der Waals surface area contributed by atoms with Gasteiger partial charge in [0.15, 0.2) is 23.1 Å². The topological polar surface area (TPSA) is 64.7 Å². The maximum absolute atomic E-state index is 6.30. The number of fused-ring (bicyclic) bond motifs is 5. The van der Waals surface area contributed by atoms with Crippen molar-refractivity contribution in [1.29, 1.82) is 0 Å². The molecule has 0 amide bonds. The molecule has 45 heavy (non-hydrogen) atoms. The largest absolute Gasteiger partial charge is 0.454 e. The van der Waals surface area contributed by atoms with Gasteiger partial charge in [0, 0.05) is 22.1 Å². The van der Waals surface area contributed by atoms with Crippen LogP contribution >= 0.6 is 0 Å². The predicted molar refractivity (Wildman–Crippen MR) is 182 cm³/mol. The molecule has 9 aromatic rings. The lowest BCUT2D eigenvalue weighted by atomic mass is 10.00. The molecule has 9 rings (SSSR count). The third kappa shape index (κ3) is 4.41. The van der Waals surface area contributed by atoms with Crippen molar-refractivity contribution in [2.75, 3.05) is 0 Å². The summed E-state index contributed by atoms with van der Waals surface area (Å²) in [6.07, 6.45) is 0. The lowest BCUT2D eigenvalue weighted by Gasteiger charge is -2.10. The summed E-state index contributed by atoms with van der Waals surface area (Å²) in [5.74, 6) is 1.78. The van der Waals surface area contributed by atoms with E-state index in [4.69, 9.17) is 24.4 Å². The highest BCUT2D eigenvalue weighted by Gasteiger charge is 2.19. The standard InChI is InChI=1S/C40H24N4O/c1-2-10-27(11-3-1)38-42-39(28-20-17-26(18-21-28)30-22-19-25-9-4-5-12-29(25)23-30)44-40(43-38)32-14-8-16-34-36(32)37-35(45-34)24-31-13-6-7-15-33(31)41-37/h1-24H. The maximum Gasteiger partial charge on any atom is 0.164 e. The van der Waals surface area contributed by atoms with Crippen LogP contribution in [0.15, 0.2) is 150 Å². The van der Waals surface area contributed by atoms with E-state index in [-0.39, 0.29) is 0 Å². The van der Waals surface area contributed by atoms with Gasteiger partial charge in [-0.25, -0.2) is 19.9 Å². The molecule has 0 saturated carbocycles. The van der Waals surface area contributed by atoms with Crippen molar-refractivity contribution < 1.29 is 4.42 Å². The number of hydrogen-bond acceptors (Lipinski definition) is 5.